The number of H-pyrrole nitrogens is 1. The van der Waals surface area contributed by atoms with Crippen LogP contribution in [0.3, 0.4) is 0 Å². The first-order valence-electron chi connectivity index (χ1n) is 10.3. The molecule has 0 unspecified atom stereocenters. The number of halogens is 1. The summed E-state index contributed by atoms with van der Waals surface area (Å²) in [7, 11) is 4.69. The first-order valence-corrected chi connectivity index (χ1v) is 10.9. The molecule has 0 aliphatic carbocycles. The summed E-state index contributed by atoms with van der Waals surface area (Å²) in [6.07, 6.45) is 0. The molecule has 1 atom stereocenters. The van der Waals surface area contributed by atoms with Gasteiger partial charge in [0.05, 0.1) is 26.8 Å². The molecule has 0 saturated heterocycles. The van der Waals surface area contributed by atoms with E-state index in [1.807, 2.05) is 30.3 Å². The summed E-state index contributed by atoms with van der Waals surface area (Å²) in [5.41, 5.74) is 3.17. The number of methoxy groups -OCH3 is 3. The highest BCUT2D eigenvalue weighted by molar-refractivity contribution is 6.19. The maximum Gasteiger partial charge on any atom is 0.274 e. The Morgan fingerprint density at radius 3 is 2.53 bits per heavy atom. The standard InChI is InChI=1S/C25H23ClN2O4/c1-30-20-11-15-10-18(27-22(15)24(32-3)23(20)31-2)25(29)28-13-16(12-26)21-17-7-5-4-6-14(17)8-9-19(21)28/h4-11,16,27H,12-13H2,1-3H3/t16-/m1/s1. The van der Waals surface area contributed by atoms with Gasteiger partial charge in [-0.15, -0.1) is 11.6 Å². The number of amides is 1. The Labute approximate surface area is 190 Å². The number of alkyl halides is 1. The van der Waals surface area contributed by atoms with Gasteiger partial charge < -0.3 is 24.1 Å². The Morgan fingerprint density at radius 1 is 1.03 bits per heavy atom. The predicted octanol–water partition coefficient (Wildman–Crippen LogP) is 5.33. The molecular formula is C25H23ClN2O4. The number of nitrogens with zero attached hydrogens (tertiary/aromatic N) is 1. The van der Waals surface area contributed by atoms with E-state index in [-0.39, 0.29) is 11.8 Å². The summed E-state index contributed by atoms with van der Waals surface area (Å²) in [5.74, 6) is 1.90. The zero-order valence-corrected chi connectivity index (χ0v) is 18.8. The molecule has 0 spiro atoms. The average molecular weight is 451 g/mol. The van der Waals surface area contributed by atoms with Crippen molar-refractivity contribution in [2.75, 3.05) is 38.7 Å². The van der Waals surface area contributed by atoms with Crippen LogP contribution in [0, 0.1) is 0 Å². The van der Waals surface area contributed by atoms with Crippen molar-refractivity contribution >= 4 is 44.9 Å². The second kappa shape index (κ2) is 7.95. The van der Waals surface area contributed by atoms with E-state index < -0.39 is 0 Å². The first-order chi connectivity index (χ1) is 15.6. The fourth-order valence-corrected chi connectivity index (χ4v) is 4.93. The molecule has 0 radical (unpaired) electrons. The lowest BCUT2D eigenvalue weighted by Crippen LogP contribution is -2.30. The molecule has 0 fully saturated rings. The highest BCUT2D eigenvalue weighted by Crippen LogP contribution is 2.45. The number of fused-ring (bicyclic) bond motifs is 4. The van der Waals surface area contributed by atoms with Gasteiger partial charge in [0.15, 0.2) is 11.5 Å². The molecule has 0 saturated carbocycles. The van der Waals surface area contributed by atoms with Crippen molar-refractivity contribution in [2.24, 2.45) is 0 Å². The Bertz CT molecular complexity index is 1350. The molecule has 2 heterocycles. The Hall–Kier alpha value is -3.38. The molecule has 1 aromatic heterocycles. The number of hydrogen-bond donors (Lipinski definition) is 1. The van der Waals surface area contributed by atoms with E-state index in [9.17, 15) is 4.79 Å². The number of carbonyl (C=O) groups excluding carboxylic acids is 1. The fraction of sp³-hybridized carbons (Fsp3) is 0.240. The molecule has 1 N–H and O–H groups in total. The van der Waals surface area contributed by atoms with Crippen LogP contribution >= 0.6 is 11.6 Å². The average Bonchev–Trinajstić information content (AvgIpc) is 3.43. The SMILES string of the molecule is COc1cc2cc(C(=O)N3C[C@@H](CCl)c4c3ccc3ccccc43)[nH]c2c(OC)c1OC. The van der Waals surface area contributed by atoms with Crippen LogP contribution in [-0.4, -0.2) is 44.6 Å². The molecule has 7 heteroatoms. The number of rotatable bonds is 5. The van der Waals surface area contributed by atoms with Crippen molar-refractivity contribution in [3.05, 3.63) is 59.8 Å². The second-order valence-electron chi connectivity index (χ2n) is 7.78. The number of anilines is 1. The van der Waals surface area contributed by atoms with Crippen molar-refractivity contribution in [1.82, 2.24) is 4.98 Å². The molecule has 1 amide bonds. The van der Waals surface area contributed by atoms with Crippen LogP contribution < -0.4 is 19.1 Å². The van der Waals surface area contributed by atoms with Gasteiger partial charge in [-0.2, -0.15) is 0 Å². The Morgan fingerprint density at radius 2 is 1.81 bits per heavy atom. The van der Waals surface area contributed by atoms with Crippen LogP contribution in [-0.2, 0) is 0 Å². The lowest BCUT2D eigenvalue weighted by atomic mass is 9.96. The highest BCUT2D eigenvalue weighted by atomic mass is 35.5. The van der Waals surface area contributed by atoms with Gasteiger partial charge in [0, 0.05) is 29.4 Å². The summed E-state index contributed by atoms with van der Waals surface area (Å²) >= 11 is 6.33. The maximum atomic E-state index is 13.6. The zero-order valence-electron chi connectivity index (χ0n) is 18.1. The quantitative estimate of drug-likeness (QED) is 0.417. The molecular weight excluding hydrogens is 428 g/mol. The Balaban J connectivity index is 1.62. The van der Waals surface area contributed by atoms with E-state index >= 15 is 0 Å². The lowest BCUT2D eigenvalue weighted by Gasteiger charge is -2.17. The maximum absolute atomic E-state index is 13.6. The van der Waals surface area contributed by atoms with E-state index in [1.54, 1.807) is 26.2 Å². The zero-order chi connectivity index (χ0) is 22.4. The molecule has 1 aliphatic heterocycles. The highest BCUT2D eigenvalue weighted by Gasteiger charge is 2.34. The molecule has 3 aromatic carbocycles. The van der Waals surface area contributed by atoms with Gasteiger partial charge in [0.1, 0.15) is 5.69 Å². The lowest BCUT2D eigenvalue weighted by molar-refractivity contribution is 0.0984. The minimum Gasteiger partial charge on any atom is -0.493 e. The van der Waals surface area contributed by atoms with E-state index in [0.29, 0.717) is 40.9 Å². The molecule has 0 bridgehead atoms. The van der Waals surface area contributed by atoms with E-state index in [1.165, 1.54) is 0 Å². The molecule has 32 heavy (non-hydrogen) atoms. The summed E-state index contributed by atoms with van der Waals surface area (Å²) in [4.78, 5) is 18.7. The third-order valence-electron chi connectivity index (χ3n) is 6.13. The van der Waals surface area contributed by atoms with Crippen molar-refractivity contribution in [2.45, 2.75) is 5.92 Å². The van der Waals surface area contributed by atoms with Gasteiger partial charge >= 0.3 is 0 Å². The third kappa shape index (κ3) is 2.98. The van der Waals surface area contributed by atoms with Gasteiger partial charge in [0.2, 0.25) is 5.75 Å². The number of hydrogen-bond acceptors (Lipinski definition) is 4. The van der Waals surface area contributed by atoms with Crippen LogP contribution in [0.5, 0.6) is 17.2 Å². The number of nitrogens with one attached hydrogen (secondary N) is 1. The number of ether oxygens (including phenoxy) is 3. The minimum absolute atomic E-state index is 0.0702. The van der Waals surface area contributed by atoms with Gasteiger partial charge in [-0.3, -0.25) is 4.79 Å². The topological polar surface area (TPSA) is 63.8 Å². The van der Waals surface area contributed by atoms with Crippen molar-refractivity contribution in [3.8, 4) is 17.2 Å². The summed E-state index contributed by atoms with van der Waals surface area (Å²) in [5, 5.41) is 3.08. The Kier molecular flexibility index (Phi) is 5.10. The van der Waals surface area contributed by atoms with E-state index in [2.05, 4.69) is 23.2 Å². The first kappa shape index (κ1) is 20.5. The number of aromatic amines is 1. The van der Waals surface area contributed by atoms with Gasteiger partial charge in [0.25, 0.3) is 5.91 Å². The van der Waals surface area contributed by atoms with Crippen LogP contribution in [0.4, 0.5) is 5.69 Å². The summed E-state index contributed by atoms with van der Waals surface area (Å²) in [6.45, 7) is 0.533. The summed E-state index contributed by atoms with van der Waals surface area (Å²) < 4.78 is 16.5. The third-order valence-corrected chi connectivity index (χ3v) is 6.50. The fourth-order valence-electron chi connectivity index (χ4n) is 4.68. The van der Waals surface area contributed by atoms with Crippen LogP contribution in [0.2, 0.25) is 0 Å². The second-order valence-corrected chi connectivity index (χ2v) is 8.09. The van der Waals surface area contributed by atoms with Crippen LogP contribution in [0.15, 0.2) is 48.5 Å². The molecule has 1 aliphatic rings. The minimum atomic E-state index is -0.120. The van der Waals surface area contributed by atoms with Crippen LogP contribution in [0.1, 0.15) is 22.0 Å². The van der Waals surface area contributed by atoms with Crippen LogP contribution in [0.25, 0.3) is 21.7 Å². The molecule has 164 valence electrons. The van der Waals surface area contributed by atoms with Crippen molar-refractivity contribution < 1.29 is 19.0 Å². The van der Waals surface area contributed by atoms with Crippen molar-refractivity contribution in [1.29, 1.82) is 0 Å². The van der Waals surface area contributed by atoms with E-state index in [4.69, 9.17) is 25.8 Å². The molecule has 6 nitrogen and oxygen atoms in total. The number of carbonyl (C=O) groups is 1. The molecule has 4 aromatic rings. The number of benzene rings is 3. The van der Waals surface area contributed by atoms with E-state index in [0.717, 1.165) is 27.4 Å². The van der Waals surface area contributed by atoms with Gasteiger partial charge in [-0.25, -0.2) is 0 Å². The molecule has 5 rings (SSSR count). The van der Waals surface area contributed by atoms with Gasteiger partial charge in [-0.1, -0.05) is 30.3 Å². The predicted molar refractivity (Wildman–Crippen MR) is 127 cm³/mol. The monoisotopic (exact) mass is 450 g/mol. The van der Waals surface area contributed by atoms with Crippen molar-refractivity contribution in [3.63, 3.8) is 0 Å². The summed E-state index contributed by atoms with van der Waals surface area (Å²) in [6, 6.07) is 15.9. The van der Waals surface area contributed by atoms with Gasteiger partial charge in [-0.05, 0) is 34.5 Å². The number of aromatic nitrogens is 1. The largest absolute Gasteiger partial charge is 0.493 e. The normalized spacial score (nSPS) is 15.2. The smallest absolute Gasteiger partial charge is 0.274 e.